The van der Waals surface area contributed by atoms with Gasteiger partial charge in [0.1, 0.15) is 0 Å². The van der Waals surface area contributed by atoms with Crippen LogP contribution in [-0.2, 0) is 0 Å². The van der Waals surface area contributed by atoms with Crippen LogP contribution in [0.3, 0.4) is 0 Å². The number of fused-ring (bicyclic) bond motifs is 1. The minimum Gasteiger partial charge on any atom is -0.393 e. The third kappa shape index (κ3) is 3.48. The number of hydrogen-bond acceptors (Lipinski definition) is 5. The van der Waals surface area contributed by atoms with Gasteiger partial charge in [-0.2, -0.15) is 5.26 Å². The van der Waals surface area contributed by atoms with Crippen molar-refractivity contribution >= 4 is 27.4 Å². The van der Waals surface area contributed by atoms with Crippen molar-refractivity contribution in [2.75, 3.05) is 5.32 Å². The zero-order chi connectivity index (χ0) is 16.4. The lowest BCUT2D eigenvalue weighted by molar-refractivity contribution is 0.121. The van der Waals surface area contributed by atoms with Crippen molar-refractivity contribution in [2.24, 2.45) is 0 Å². The molecule has 0 spiro atoms. The van der Waals surface area contributed by atoms with Crippen LogP contribution in [0.2, 0.25) is 0 Å². The molecule has 1 fully saturated rings. The Morgan fingerprint density at radius 3 is 2.91 bits per heavy atom. The van der Waals surface area contributed by atoms with Gasteiger partial charge < -0.3 is 10.4 Å². The van der Waals surface area contributed by atoms with E-state index < -0.39 is 0 Å². The van der Waals surface area contributed by atoms with Crippen molar-refractivity contribution < 1.29 is 5.11 Å². The summed E-state index contributed by atoms with van der Waals surface area (Å²) >= 11 is 3.58. The summed E-state index contributed by atoms with van der Waals surface area (Å²) in [6.07, 6.45) is 5.65. The van der Waals surface area contributed by atoms with E-state index in [4.69, 9.17) is 5.26 Å². The summed E-state index contributed by atoms with van der Waals surface area (Å²) in [7, 11) is 0. The first-order valence-corrected chi connectivity index (χ1v) is 8.73. The lowest BCUT2D eigenvalue weighted by atomic mass is 9.85. The summed E-state index contributed by atoms with van der Waals surface area (Å²) in [5.74, 6) is 0.928. The number of aliphatic hydroxyl groups is 1. The monoisotopic (exact) mass is 377 g/mol. The van der Waals surface area contributed by atoms with Gasteiger partial charge in [-0.05, 0) is 54.6 Å². The summed E-state index contributed by atoms with van der Waals surface area (Å²) in [4.78, 5) is 4.34. The Morgan fingerprint density at radius 2 is 2.22 bits per heavy atom. The second-order valence-electron chi connectivity index (χ2n) is 6.21. The average molecular weight is 378 g/mol. The molecule has 0 bridgehead atoms. The summed E-state index contributed by atoms with van der Waals surface area (Å²) in [5.41, 5.74) is 2.08. The van der Waals surface area contributed by atoms with Gasteiger partial charge in [0, 0.05) is 22.1 Å². The number of halogens is 1. The van der Waals surface area contributed by atoms with E-state index in [-0.39, 0.29) is 12.1 Å². The molecule has 2 aromatic heterocycles. The van der Waals surface area contributed by atoms with Gasteiger partial charge in [-0.1, -0.05) is 0 Å². The second kappa shape index (κ2) is 6.85. The van der Waals surface area contributed by atoms with Gasteiger partial charge in [-0.25, -0.2) is 9.50 Å². The van der Waals surface area contributed by atoms with E-state index in [0.717, 1.165) is 41.4 Å². The van der Waals surface area contributed by atoms with E-state index in [9.17, 15) is 5.11 Å². The lowest BCUT2D eigenvalue weighted by Crippen LogP contribution is -2.20. The summed E-state index contributed by atoms with van der Waals surface area (Å²) < 4.78 is 2.91. The molecule has 1 saturated carbocycles. The number of anilines is 1. The van der Waals surface area contributed by atoms with Gasteiger partial charge in [0.2, 0.25) is 5.95 Å². The number of nitrogens with zero attached hydrogens (tertiary/aromatic N) is 4. The molecule has 0 aliphatic heterocycles. The first kappa shape index (κ1) is 16.2. The molecule has 3 rings (SSSR count). The Morgan fingerprint density at radius 1 is 1.48 bits per heavy atom. The number of nitrogens with one attached hydrogen (secondary N) is 1. The highest BCUT2D eigenvalue weighted by atomic mass is 79.9. The second-order valence-corrected chi connectivity index (χ2v) is 7.06. The summed E-state index contributed by atoms with van der Waals surface area (Å²) in [6.45, 7) is 1.94. The minimum absolute atomic E-state index is 0.00438. The molecular formula is C16H20BrN5O. The predicted molar refractivity (Wildman–Crippen MR) is 91.2 cm³/mol. The highest BCUT2D eigenvalue weighted by Gasteiger charge is 2.24. The van der Waals surface area contributed by atoms with Crippen LogP contribution in [0.15, 0.2) is 16.7 Å². The molecule has 2 aromatic rings. The van der Waals surface area contributed by atoms with Crippen molar-refractivity contribution in [1.29, 1.82) is 5.26 Å². The van der Waals surface area contributed by atoms with Crippen LogP contribution in [0, 0.1) is 11.3 Å². The Hall–Kier alpha value is -1.65. The highest BCUT2D eigenvalue weighted by Crippen LogP contribution is 2.36. The third-order valence-corrected chi connectivity index (χ3v) is 5.02. The van der Waals surface area contributed by atoms with Crippen LogP contribution < -0.4 is 5.32 Å². The largest absolute Gasteiger partial charge is 0.393 e. The average Bonchev–Trinajstić information content (AvgIpc) is 2.85. The Labute approximate surface area is 143 Å². The van der Waals surface area contributed by atoms with E-state index >= 15 is 0 Å². The van der Waals surface area contributed by atoms with Crippen LogP contribution in [0.25, 0.3) is 5.52 Å². The molecule has 1 aliphatic carbocycles. The van der Waals surface area contributed by atoms with Crippen LogP contribution in [0.4, 0.5) is 5.95 Å². The van der Waals surface area contributed by atoms with Crippen LogP contribution in [0.5, 0.6) is 0 Å². The van der Waals surface area contributed by atoms with Crippen molar-refractivity contribution in [3.63, 3.8) is 0 Å². The molecule has 0 amide bonds. The van der Waals surface area contributed by atoms with E-state index in [0.29, 0.717) is 18.3 Å². The number of aromatic nitrogens is 3. The minimum atomic E-state index is -0.167. The molecule has 7 heteroatoms. The van der Waals surface area contributed by atoms with Gasteiger partial charge >= 0.3 is 0 Å². The number of rotatable bonds is 4. The number of hydrogen-bond donors (Lipinski definition) is 2. The molecule has 0 aromatic carbocycles. The Balaban J connectivity index is 1.90. The van der Waals surface area contributed by atoms with Crippen molar-refractivity contribution in [2.45, 2.75) is 57.1 Å². The summed E-state index contributed by atoms with van der Waals surface area (Å²) in [6, 6.07) is 4.25. The molecule has 1 unspecified atom stereocenters. The Bertz CT molecular complexity index is 730. The first-order chi connectivity index (χ1) is 11.1. The quantitative estimate of drug-likeness (QED) is 0.853. The number of aliphatic hydroxyl groups excluding tert-OH is 1. The standard InChI is InChI=1S/C16H20BrN5O/c1-10(6-7-18)20-16-19-9-15-13(17)8-14(22(15)21-16)11-2-4-12(23)5-3-11/h8-12,23H,2-6H2,1H3,(H,20,21)/t10?,11-,12-. The maximum absolute atomic E-state index is 9.71. The zero-order valence-corrected chi connectivity index (χ0v) is 14.6. The predicted octanol–water partition coefficient (Wildman–Crippen LogP) is 3.22. The zero-order valence-electron chi connectivity index (χ0n) is 13.0. The fraction of sp³-hybridized carbons (Fsp3) is 0.562. The molecule has 2 heterocycles. The normalized spacial score (nSPS) is 22.7. The van der Waals surface area contributed by atoms with Gasteiger partial charge in [-0.3, -0.25) is 0 Å². The fourth-order valence-corrected chi connectivity index (χ4v) is 3.62. The van der Waals surface area contributed by atoms with Gasteiger partial charge in [0.25, 0.3) is 0 Å². The molecule has 122 valence electrons. The molecule has 1 atom stereocenters. The van der Waals surface area contributed by atoms with Crippen molar-refractivity contribution in [3.05, 3.63) is 22.4 Å². The summed E-state index contributed by atoms with van der Waals surface area (Å²) in [5, 5.41) is 26.2. The first-order valence-electron chi connectivity index (χ1n) is 7.94. The van der Waals surface area contributed by atoms with E-state index in [1.54, 1.807) is 6.20 Å². The van der Waals surface area contributed by atoms with E-state index in [1.165, 1.54) is 0 Å². The topological polar surface area (TPSA) is 86.2 Å². The molecule has 0 saturated heterocycles. The van der Waals surface area contributed by atoms with Crippen LogP contribution >= 0.6 is 15.9 Å². The number of nitriles is 1. The van der Waals surface area contributed by atoms with E-state index in [1.807, 2.05) is 11.4 Å². The van der Waals surface area contributed by atoms with Crippen molar-refractivity contribution in [3.8, 4) is 6.07 Å². The van der Waals surface area contributed by atoms with Gasteiger partial charge in [0.05, 0.1) is 30.3 Å². The molecule has 6 nitrogen and oxygen atoms in total. The molecule has 23 heavy (non-hydrogen) atoms. The maximum Gasteiger partial charge on any atom is 0.241 e. The van der Waals surface area contributed by atoms with Crippen LogP contribution in [-0.4, -0.2) is 31.9 Å². The molecule has 0 radical (unpaired) electrons. The highest BCUT2D eigenvalue weighted by molar-refractivity contribution is 9.10. The SMILES string of the molecule is CC(CC#N)Nc1ncc2c(Br)cc([C@H]3CC[C@H](O)CC3)n2n1. The fourth-order valence-electron chi connectivity index (χ4n) is 3.11. The third-order valence-electron chi connectivity index (χ3n) is 4.38. The van der Waals surface area contributed by atoms with E-state index in [2.05, 4.69) is 43.5 Å². The Kier molecular flexibility index (Phi) is 4.83. The molecule has 2 N–H and O–H groups in total. The smallest absolute Gasteiger partial charge is 0.241 e. The molecular weight excluding hydrogens is 358 g/mol. The van der Waals surface area contributed by atoms with Gasteiger partial charge in [0.15, 0.2) is 0 Å². The van der Waals surface area contributed by atoms with Crippen LogP contribution in [0.1, 0.15) is 50.6 Å². The molecule has 1 aliphatic rings. The lowest BCUT2D eigenvalue weighted by Gasteiger charge is -2.25. The maximum atomic E-state index is 9.71. The van der Waals surface area contributed by atoms with Crippen molar-refractivity contribution in [1.82, 2.24) is 14.6 Å². The van der Waals surface area contributed by atoms with Gasteiger partial charge in [-0.15, -0.1) is 5.10 Å².